The van der Waals surface area contributed by atoms with Gasteiger partial charge in [-0.1, -0.05) is 6.07 Å². The molecule has 0 spiro atoms. The van der Waals surface area contributed by atoms with E-state index in [9.17, 15) is 0 Å². The number of aryl methyl sites for hydroxylation is 2. The first kappa shape index (κ1) is 11.7. The monoisotopic (exact) mass is 253 g/mol. The van der Waals surface area contributed by atoms with Gasteiger partial charge in [0.15, 0.2) is 0 Å². The first-order valence-electron chi connectivity index (χ1n) is 6.32. The minimum absolute atomic E-state index is 0.0107. The van der Waals surface area contributed by atoms with Crippen molar-refractivity contribution in [2.24, 2.45) is 5.73 Å². The van der Waals surface area contributed by atoms with Crippen LogP contribution in [0.25, 0.3) is 0 Å². The number of nitrogens with two attached hydrogens (primary N) is 1. The molecule has 1 aliphatic carbocycles. The van der Waals surface area contributed by atoms with Crippen molar-refractivity contribution >= 4 is 5.84 Å². The van der Waals surface area contributed by atoms with E-state index >= 15 is 0 Å². The number of fused-ring (bicyclic) bond motifs is 1. The van der Waals surface area contributed by atoms with E-state index in [1.54, 1.807) is 18.3 Å². The standard InChI is InChI=1S/C15H15N3O/c16-15(17)12-5-7-14(18-9-12)19-13-6-4-10-2-1-3-11(10)8-13/h4-9H,1-3H2,(H3,16,17). The molecule has 2 aromatic rings. The van der Waals surface area contributed by atoms with Crippen LogP contribution in [0.1, 0.15) is 23.1 Å². The second-order valence-corrected chi connectivity index (χ2v) is 4.68. The van der Waals surface area contributed by atoms with Gasteiger partial charge in [0.05, 0.1) is 0 Å². The van der Waals surface area contributed by atoms with Crippen LogP contribution in [0.3, 0.4) is 0 Å². The fourth-order valence-electron chi connectivity index (χ4n) is 2.33. The van der Waals surface area contributed by atoms with Crippen LogP contribution >= 0.6 is 0 Å². The summed E-state index contributed by atoms with van der Waals surface area (Å²) in [5.41, 5.74) is 8.78. The van der Waals surface area contributed by atoms with Crippen molar-refractivity contribution in [3.8, 4) is 11.6 Å². The molecule has 0 saturated carbocycles. The third kappa shape index (κ3) is 2.42. The van der Waals surface area contributed by atoms with Gasteiger partial charge >= 0.3 is 0 Å². The van der Waals surface area contributed by atoms with Crippen LogP contribution in [0.2, 0.25) is 0 Å². The maximum atomic E-state index is 7.31. The molecule has 0 amide bonds. The highest BCUT2D eigenvalue weighted by Gasteiger charge is 2.11. The molecule has 0 aliphatic heterocycles. The normalized spacial score (nSPS) is 13.1. The molecule has 3 rings (SSSR count). The summed E-state index contributed by atoms with van der Waals surface area (Å²) in [4.78, 5) is 4.15. The smallest absolute Gasteiger partial charge is 0.219 e. The predicted molar refractivity (Wildman–Crippen MR) is 73.8 cm³/mol. The average Bonchev–Trinajstić information content (AvgIpc) is 2.87. The van der Waals surface area contributed by atoms with Gasteiger partial charge in [0, 0.05) is 17.8 Å². The molecule has 0 fully saturated rings. The highest BCUT2D eigenvalue weighted by molar-refractivity contribution is 5.94. The van der Waals surface area contributed by atoms with Gasteiger partial charge in [-0.2, -0.15) is 0 Å². The lowest BCUT2D eigenvalue weighted by Crippen LogP contribution is -2.11. The molecule has 3 N–H and O–H groups in total. The van der Waals surface area contributed by atoms with E-state index in [2.05, 4.69) is 17.1 Å². The third-order valence-corrected chi connectivity index (χ3v) is 3.34. The average molecular weight is 253 g/mol. The van der Waals surface area contributed by atoms with Crippen LogP contribution in [0.15, 0.2) is 36.5 Å². The fraction of sp³-hybridized carbons (Fsp3) is 0.200. The molecule has 1 aliphatic rings. The summed E-state index contributed by atoms with van der Waals surface area (Å²) >= 11 is 0. The molecule has 0 unspecified atom stereocenters. The molecule has 96 valence electrons. The topological polar surface area (TPSA) is 72.0 Å². The highest BCUT2D eigenvalue weighted by Crippen LogP contribution is 2.28. The van der Waals surface area contributed by atoms with Crippen molar-refractivity contribution in [3.05, 3.63) is 53.2 Å². The Kier molecular flexibility index (Phi) is 2.91. The van der Waals surface area contributed by atoms with Crippen LogP contribution in [0.4, 0.5) is 0 Å². The number of amidine groups is 1. The number of benzene rings is 1. The van der Waals surface area contributed by atoms with Gasteiger partial charge in [-0.05, 0) is 48.6 Å². The van der Waals surface area contributed by atoms with E-state index in [4.69, 9.17) is 15.9 Å². The predicted octanol–water partition coefficient (Wildman–Crippen LogP) is 2.65. The maximum absolute atomic E-state index is 7.31. The van der Waals surface area contributed by atoms with Crippen molar-refractivity contribution in [3.63, 3.8) is 0 Å². The van der Waals surface area contributed by atoms with E-state index in [0.717, 1.165) is 12.2 Å². The molecule has 0 saturated heterocycles. The van der Waals surface area contributed by atoms with Crippen LogP contribution in [-0.2, 0) is 12.8 Å². The number of pyridine rings is 1. The Morgan fingerprint density at radius 1 is 1.16 bits per heavy atom. The van der Waals surface area contributed by atoms with E-state index < -0.39 is 0 Å². The molecule has 1 aromatic carbocycles. The Bertz CT molecular complexity index is 620. The van der Waals surface area contributed by atoms with Crippen LogP contribution in [0.5, 0.6) is 11.6 Å². The summed E-state index contributed by atoms with van der Waals surface area (Å²) in [5, 5.41) is 7.31. The number of rotatable bonds is 3. The van der Waals surface area contributed by atoms with Gasteiger partial charge in [0.1, 0.15) is 11.6 Å². The summed E-state index contributed by atoms with van der Waals surface area (Å²) in [6.07, 6.45) is 5.07. The minimum Gasteiger partial charge on any atom is -0.439 e. The molecule has 4 nitrogen and oxygen atoms in total. The first-order valence-corrected chi connectivity index (χ1v) is 6.32. The lowest BCUT2D eigenvalue weighted by Gasteiger charge is -2.07. The number of nitrogens with one attached hydrogen (secondary N) is 1. The number of nitrogens with zero attached hydrogens (tertiary/aromatic N) is 1. The van der Waals surface area contributed by atoms with Gasteiger partial charge < -0.3 is 10.5 Å². The van der Waals surface area contributed by atoms with Crippen LogP contribution < -0.4 is 10.5 Å². The summed E-state index contributed by atoms with van der Waals surface area (Å²) < 4.78 is 5.72. The molecular formula is C15H15N3O. The quantitative estimate of drug-likeness (QED) is 0.652. The lowest BCUT2D eigenvalue weighted by atomic mass is 10.1. The van der Waals surface area contributed by atoms with Gasteiger partial charge in [0.25, 0.3) is 0 Å². The Hall–Kier alpha value is -2.36. The zero-order valence-electron chi connectivity index (χ0n) is 10.5. The Morgan fingerprint density at radius 3 is 2.74 bits per heavy atom. The largest absolute Gasteiger partial charge is 0.439 e. The van der Waals surface area contributed by atoms with Crippen molar-refractivity contribution in [1.82, 2.24) is 4.98 Å². The molecule has 1 heterocycles. The number of hydrogen-bond donors (Lipinski definition) is 2. The van der Waals surface area contributed by atoms with Gasteiger partial charge in [-0.3, -0.25) is 5.41 Å². The van der Waals surface area contributed by atoms with Crippen molar-refractivity contribution < 1.29 is 4.74 Å². The second kappa shape index (κ2) is 4.72. The molecule has 0 atom stereocenters. The summed E-state index contributed by atoms with van der Waals surface area (Å²) in [7, 11) is 0. The highest BCUT2D eigenvalue weighted by atomic mass is 16.5. The van der Waals surface area contributed by atoms with Gasteiger partial charge in [0.2, 0.25) is 5.88 Å². The molecule has 0 radical (unpaired) electrons. The van der Waals surface area contributed by atoms with E-state index in [0.29, 0.717) is 11.4 Å². The van der Waals surface area contributed by atoms with Gasteiger partial charge in [-0.15, -0.1) is 0 Å². The Labute approximate surface area is 111 Å². The first-order chi connectivity index (χ1) is 9.22. The SMILES string of the molecule is N=C(N)c1ccc(Oc2ccc3c(c2)CCC3)nc1. The number of nitrogen functional groups attached to an aromatic ring is 1. The Balaban J connectivity index is 1.79. The van der Waals surface area contributed by atoms with Crippen LogP contribution in [-0.4, -0.2) is 10.8 Å². The summed E-state index contributed by atoms with van der Waals surface area (Å²) in [5.74, 6) is 1.34. The minimum atomic E-state index is 0.0107. The zero-order chi connectivity index (χ0) is 13.2. The zero-order valence-corrected chi connectivity index (χ0v) is 10.5. The van der Waals surface area contributed by atoms with E-state index in [1.165, 1.54) is 24.0 Å². The fourth-order valence-corrected chi connectivity index (χ4v) is 2.33. The number of hydrogen-bond acceptors (Lipinski definition) is 3. The van der Waals surface area contributed by atoms with Crippen LogP contribution in [0, 0.1) is 5.41 Å². The maximum Gasteiger partial charge on any atom is 0.219 e. The second-order valence-electron chi connectivity index (χ2n) is 4.68. The molecule has 0 bridgehead atoms. The summed E-state index contributed by atoms with van der Waals surface area (Å²) in [6.45, 7) is 0. The Morgan fingerprint density at radius 2 is 2.00 bits per heavy atom. The summed E-state index contributed by atoms with van der Waals surface area (Å²) in [6, 6.07) is 9.65. The van der Waals surface area contributed by atoms with Crippen molar-refractivity contribution in [1.29, 1.82) is 5.41 Å². The van der Waals surface area contributed by atoms with E-state index in [1.807, 2.05) is 6.07 Å². The van der Waals surface area contributed by atoms with E-state index in [-0.39, 0.29) is 5.84 Å². The van der Waals surface area contributed by atoms with Crippen molar-refractivity contribution in [2.75, 3.05) is 0 Å². The third-order valence-electron chi connectivity index (χ3n) is 3.34. The van der Waals surface area contributed by atoms with Gasteiger partial charge in [-0.25, -0.2) is 4.98 Å². The number of aromatic nitrogens is 1. The molecule has 4 heteroatoms. The molecular weight excluding hydrogens is 238 g/mol. The lowest BCUT2D eigenvalue weighted by molar-refractivity contribution is 0.462. The number of ether oxygens (including phenoxy) is 1. The molecule has 19 heavy (non-hydrogen) atoms. The molecule has 1 aromatic heterocycles. The van der Waals surface area contributed by atoms with Crippen molar-refractivity contribution in [2.45, 2.75) is 19.3 Å².